The van der Waals surface area contributed by atoms with Gasteiger partial charge in [-0.3, -0.25) is 9.89 Å². The molecule has 2 heterocycles. The maximum Gasteiger partial charge on any atom is 0.327 e. The quantitative estimate of drug-likeness (QED) is 0.778. The highest BCUT2D eigenvalue weighted by Crippen LogP contribution is 2.22. The molecule has 1 aromatic heterocycles. The van der Waals surface area contributed by atoms with Crippen molar-refractivity contribution >= 4 is 23.6 Å². The third-order valence-electron chi connectivity index (χ3n) is 2.35. The van der Waals surface area contributed by atoms with E-state index in [2.05, 4.69) is 10.2 Å². The van der Waals surface area contributed by atoms with Crippen LogP contribution in [0.4, 0.5) is 0 Å². The molecule has 86 valence electrons. The van der Waals surface area contributed by atoms with Gasteiger partial charge < -0.3 is 10.0 Å². The Balaban J connectivity index is 2.18. The lowest BCUT2D eigenvalue weighted by Crippen LogP contribution is -2.41. The Bertz CT molecular complexity index is 431. The van der Waals surface area contributed by atoms with E-state index < -0.39 is 12.0 Å². The van der Waals surface area contributed by atoms with Gasteiger partial charge in [0.1, 0.15) is 11.7 Å². The molecule has 1 fully saturated rings. The number of rotatable bonds is 2. The lowest BCUT2D eigenvalue weighted by atomic mass is 10.2. The summed E-state index contributed by atoms with van der Waals surface area (Å²) in [5.41, 5.74) is 1.05. The van der Waals surface area contributed by atoms with Gasteiger partial charge in [-0.2, -0.15) is 5.10 Å². The molecule has 2 rings (SSSR count). The maximum atomic E-state index is 11.9. The predicted octanol–water partition coefficient (Wildman–Crippen LogP) is 0.318. The van der Waals surface area contributed by atoms with Crippen LogP contribution in [0.1, 0.15) is 16.2 Å². The second-order valence-electron chi connectivity index (χ2n) is 3.57. The minimum Gasteiger partial charge on any atom is -0.480 e. The monoisotopic (exact) mass is 241 g/mol. The van der Waals surface area contributed by atoms with Gasteiger partial charge in [0.15, 0.2) is 0 Å². The van der Waals surface area contributed by atoms with Crippen molar-refractivity contribution in [3.05, 3.63) is 17.5 Å². The van der Waals surface area contributed by atoms with Crippen LogP contribution >= 0.6 is 11.8 Å². The molecule has 0 aliphatic carbocycles. The van der Waals surface area contributed by atoms with E-state index in [-0.39, 0.29) is 11.6 Å². The van der Waals surface area contributed by atoms with E-state index in [1.165, 1.54) is 16.7 Å². The van der Waals surface area contributed by atoms with Gasteiger partial charge in [-0.05, 0) is 13.0 Å². The van der Waals surface area contributed by atoms with Crippen LogP contribution < -0.4 is 0 Å². The number of carbonyl (C=O) groups excluding carboxylic acids is 1. The number of carboxylic acid groups (broad SMARTS) is 1. The largest absolute Gasteiger partial charge is 0.480 e. The normalized spacial score (nSPS) is 20.1. The predicted molar refractivity (Wildman–Crippen MR) is 58.2 cm³/mol. The first kappa shape index (κ1) is 11.0. The minimum atomic E-state index is -0.967. The number of hydrogen-bond acceptors (Lipinski definition) is 4. The van der Waals surface area contributed by atoms with Crippen molar-refractivity contribution in [2.45, 2.75) is 13.0 Å². The minimum absolute atomic E-state index is 0.270. The number of aliphatic carboxylic acids is 1. The summed E-state index contributed by atoms with van der Waals surface area (Å²) in [5.74, 6) is -0.459. The van der Waals surface area contributed by atoms with Gasteiger partial charge >= 0.3 is 5.97 Å². The average Bonchev–Trinajstić information content (AvgIpc) is 2.84. The highest BCUT2D eigenvalue weighted by molar-refractivity contribution is 7.99. The molecule has 0 spiro atoms. The zero-order valence-electron chi connectivity index (χ0n) is 8.64. The van der Waals surface area contributed by atoms with E-state index in [9.17, 15) is 9.59 Å². The van der Waals surface area contributed by atoms with E-state index in [1.54, 1.807) is 13.0 Å². The van der Waals surface area contributed by atoms with Gasteiger partial charge in [0.25, 0.3) is 5.91 Å². The summed E-state index contributed by atoms with van der Waals surface area (Å²) in [5, 5.41) is 15.5. The van der Waals surface area contributed by atoms with E-state index in [0.717, 1.165) is 5.69 Å². The van der Waals surface area contributed by atoms with Gasteiger partial charge in [-0.15, -0.1) is 11.8 Å². The molecule has 1 aliphatic heterocycles. The van der Waals surface area contributed by atoms with E-state index in [1.807, 2.05) is 0 Å². The van der Waals surface area contributed by atoms with Crippen molar-refractivity contribution in [2.24, 2.45) is 0 Å². The number of H-pyrrole nitrogens is 1. The highest BCUT2D eigenvalue weighted by atomic mass is 32.2. The Morgan fingerprint density at radius 2 is 2.44 bits per heavy atom. The fraction of sp³-hybridized carbons (Fsp3) is 0.444. The van der Waals surface area contributed by atoms with Crippen molar-refractivity contribution in [3.63, 3.8) is 0 Å². The lowest BCUT2D eigenvalue weighted by Gasteiger charge is -2.18. The van der Waals surface area contributed by atoms with Gasteiger partial charge in [0.2, 0.25) is 0 Å². The lowest BCUT2D eigenvalue weighted by molar-refractivity contribution is -0.140. The third kappa shape index (κ3) is 1.90. The van der Waals surface area contributed by atoms with Gasteiger partial charge in [-0.25, -0.2) is 4.79 Å². The number of nitrogens with zero attached hydrogens (tertiary/aromatic N) is 2. The fourth-order valence-electron chi connectivity index (χ4n) is 1.52. The molecule has 7 heteroatoms. The molecule has 16 heavy (non-hydrogen) atoms. The average molecular weight is 241 g/mol. The molecule has 1 saturated heterocycles. The summed E-state index contributed by atoms with van der Waals surface area (Å²) >= 11 is 1.43. The smallest absolute Gasteiger partial charge is 0.327 e. The SMILES string of the molecule is Cc1cc(C(=O)N2CSC[C@H]2C(=O)O)n[nH]1. The highest BCUT2D eigenvalue weighted by Gasteiger charge is 2.35. The number of amides is 1. The van der Waals surface area contributed by atoms with Crippen molar-refractivity contribution in [1.82, 2.24) is 15.1 Å². The fourth-order valence-corrected chi connectivity index (χ4v) is 2.67. The second kappa shape index (κ2) is 4.17. The Morgan fingerprint density at radius 3 is 3.00 bits per heavy atom. The van der Waals surface area contributed by atoms with Crippen LogP contribution in [0.3, 0.4) is 0 Å². The van der Waals surface area contributed by atoms with Crippen molar-refractivity contribution in [3.8, 4) is 0 Å². The van der Waals surface area contributed by atoms with E-state index >= 15 is 0 Å². The van der Waals surface area contributed by atoms with Crippen LogP contribution in [0.25, 0.3) is 0 Å². The van der Waals surface area contributed by atoms with Crippen LogP contribution in [0.15, 0.2) is 6.07 Å². The topological polar surface area (TPSA) is 86.3 Å². The molecule has 1 aromatic rings. The zero-order valence-corrected chi connectivity index (χ0v) is 9.45. The van der Waals surface area contributed by atoms with Gasteiger partial charge in [0.05, 0.1) is 5.88 Å². The van der Waals surface area contributed by atoms with Crippen LogP contribution in [0.5, 0.6) is 0 Å². The Kier molecular flexibility index (Phi) is 2.86. The molecule has 2 N–H and O–H groups in total. The van der Waals surface area contributed by atoms with Crippen molar-refractivity contribution in [1.29, 1.82) is 0 Å². The summed E-state index contributed by atoms with van der Waals surface area (Å²) in [4.78, 5) is 24.2. The number of carbonyl (C=O) groups is 2. The first-order chi connectivity index (χ1) is 7.59. The van der Waals surface area contributed by atoms with Crippen LogP contribution in [0, 0.1) is 6.92 Å². The Hall–Kier alpha value is -1.50. The summed E-state index contributed by atoms with van der Waals surface area (Å²) in [7, 11) is 0. The maximum absolute atomic E-state index is 11.9. The molecule has 0 bridgehead atoms. The third-order valence-corrected chi connectivity index (χ3v) is 3.37. The zero-order chi connectivity index (χ0) is 11.7. The standard InChI is InChI=1S/C9H11N3O3S/c1-5-2-6(11-10-5)8(13)12-4-16-3-7(12)9(14)15/h2,7H,3-4H2,1H3,(H,10,11)(H,14,15)/t7-/m0/s1. The molecular weight excluding hydrogens is 230 g/mol. The number of aryl methyl sites for hydroxylation is 1. The van der Waals surface area contributed by atoms with Gasteiger partial charge in [0, 0.05) is 11.4 Å². The van der Waals surface area contributed by atoms with Gasteiger partial charge in [-0.1, -0.05) is 0 Å². The number of hydrogen-bond donors (Lipinski definition) is 2. The van der Waals surface area contributed by atoms with Crippen LogP contribution in [-0.2, 0) is 4.79 Å². The molecule has 1 aliphatic rings. The first-order valence-electron chi connectivity index (χ1n) is 4.73. The summed E-state index contributed by atoms with van der Waals surface area (Å²) < 4.78 is 0. The summed E-state index contributed by atoms with van der Waals surface area (Å²) in [6.45, 7) is 1.79. The van der Waals surface area contributed by atoms with E-state index in [0.29, 0.717) is 11.6 Å². The number of thioether (sulfide) groups is 1. The number of nitrogens with one attached hydrogen (secondary N) is 1. The van der Waals surface area contributed by atoms with Crippen LogP contribution in [0.2, 0.25) is 0 Å². The summed E-state index contributed by atoms with van der Waals surface area (Å²) in [6, 6.07) is 0.874. The number of aromatic amines is 1. The summed E-state index contributed by atoms with van der Waals surface area (Å²) in [6.07, 6.45) is 0. The Labute approximate surface area is 96.0 Å². The van der Waals surface area contributed by atoms with Crippen LogP contribution in [-0.4, -0.2) is 49.8 Å². The molecule has 1 amide bonds. The molecule has 1 atom stereocenters. The molecule has 0 radical (unpaired) electrons. The number of carboxylic acids is 1. The second-order valence-corrected chi connectivity index (χ2v) is 4.56. The molecule has 0 aromatic carbocycles. The van der Waals surface area contributed by atoms with Crippen molar-refractivity contribution in [2.75, 3.05) is 11.6 Å². The molecule has 6 nitrogen and oxygen atoms in total. The number of aromatic nitrogens is 2. The molecular formula is C9H11N3O3S. The first-order valence-corrected chi connectivity index (χ1v) is 5.88. The van der Waals surface area contributed by atoms with E-state index in [4.69, 9.17) is 5.11 Å². The Morgan fingerprint density at radius 1 is 1.69 bits per heavy atom. The van der Waals surface area contributed by atoms with Crippen molar-refractivity contribution < 1.29 is 14.7 Å². The molecule has 0 saturated carbocycles. The molecule has 0 unspecified atom stereocenters.